The number of nitrogens with one attached hydrogen (secondary N) is 1. The van der Waals surface area contributed by atoms with Gasteiger partial charge in [0, 0.05) is 17.8 Å². The second-order valence-electron chi connectivity index (χ2n) is 9.73. The molecular weight excluding hydrogens is 600 g/mol. The van der Waals surface area contributed by atoms with Gasteiger partial charge in [-0.2, -0.15) is 0 Å². The summed E-state index contributed by atoms with van der Waals surface area (Å²) in [5.74, 6) is -1.57. The summed E-state index contributed by atoms with van der Waals surface area (Å²) in [4.78, 5) is 52.4. The number of rotatable bonds is 9. The number of carbonyl (C=O) groups excluding carboxylic acids is 2. The molecule has 2 heterocycles. The Labute approximate surface area is 260 Å². The van der Waals surface area contributed by atoms with Crippen LogP contribution in [0.4, 0.5) is 11.4 Å². The average molecular weight is 629 g/mol. The lowest BCUT2D eigenvalue weighted by Gasteiger charge is -2.27. The van der Waals surface area contributed by atoms with Crippen molar-refractivity contribution in [2.24, 2.45) is 5.73 Å². The van der Waals surface area contributed by atoms with Gasteiger partial charge in [-0.25, -0.2) is 4.79 Å². The molecule has 1 aliphatic heterocycles. The van der Waals surface area contributed by atoms with Crippen molar-refractivity contribution in [3.8, 4) is 11.5 Å². The van der Waals surface area contributed by atoms with E-state index in [0.717, 1.165) is 15.9 Å². The lowest BCUT2D eigenvalue weighted by Crippen LogP contribution is -2.42. The molecule has 1 atom stereocenters. The number of thiazole rings is 1. The molecule has 0 bridgehead atoms. The van der Waals surface area contributed by atoms with E-state index in [4.69, 9.17) is 19.9 Å². The Bertz CT molecular complexity index is 2010. The Balaban J connectivity index is 1.80. The maximum absolute atomic E-state index is 14.2. The molecule has 0 fully saturated rings. The first-order valence-corrected chi connectivity index (χ1v) is 14.5. The number of nitrogens with zero attached hydrogens (tertiary/aromatic N) is 2. The predicted octanol–water partition coefficient (Wildman–Crippen LogP) is 2.94. The van der Waals surface area contributed by atoms with Crippen molar-refractivity contribution < 1.29 is 28.7 Å². The van der Waals surface area contributed by atoms with Crippen molar-refractivity contribution in [2.45, 2.75) is 12.8 Å². The normalized spacial score (nSPS) is 14.5. The topological polar surface area (TPSA) is 165 Å². The predicted molar refractivity (Wildman–Crippen MR) is 169 cm³/mol. The fourth-order valence-electron chi connectivity index (χ4n) is 4.95. The van der Waals surface area contributed by atoms with Crippen LogP contribution < -0.4 is 35.3 Å². The number of aromatic nitrogens is 1. The molecule has 1 amide bonds. The van der Waals surface area contributed by atoms with Gasteiger partial charge < -0.3 is 25.3 Å². The van der Waals surface area contributed by atoms with Crippen LogP contribution in [0.5, 0.6) is 11.5 Å². The summed E-state index contributed by atoms with van der Waals surface area (Å²) in [6, 6.07) is 19.2. The molecule has 13 heteroatoms. The number of non-ortho nitro benzene ring substituents is 1. The van der Waals surface area contributed by atoms with Gasteiger partial charge in [0.25, 0.3) is 17.2 Å². The van der Waals surface area contributed by atoms with E-state index in [1.54, 1.807) is 68.6 Å². The minimum absolute atomic E-state index is 0.0159. The van der Waals surface area contributed by atoms with E-state index < -0.39 is 28.3 Å². The molecule has 1 unspecified atom stereocenters. The number of esters is 1. The number of nitro groups is 1. The summed E-state index contributed by atoms with van der Waals surface area (Å²) in [7, 11) is 3.05. The second kappa shape index (κ2) is 12.9. The van der Waals surface area contributed by atoms with Crippen molar-refractivity contribution in [2.75, 3.05) is 26.1 Å². The maximum Gasteiger partial charge on any atom is 0.338 e. The Kier molecular flexibility index (Phi) is 8.81. The molecule has 230 valence electrons. The third-order valence-electron chi connectivity index (χ3n) is 7.07. The highest BCUT2D eigenvalue weighted by molar-refractivity contribution is 7.07. The number of hydrogen-bond acceptors (Lipinski definition) is 10. The standard InChI is InChI=1S/C32H28N4O8S/c1-4-44-32(39)26-25(19-10-14-23(43-3)15-11-19)27(29(37)34-20-6-5-7-21(17-20)36(40)41)31-35(28(26)33)30(38)24(45-31)16-18-8-12-22(42-2)13-9-18/h5-17,25H,4,33H2,1-3H3,(H,34,37)/b24-16-. The van der Waals surface area contributed by atoms with E-state index in [1.807, 2.05) is 0 Å². The van der Waals surface area contributed by atoms with Crippen molar-refractivity contribution in [3.63, 3.8) is 0 Å². The lowest BCUT2D eigenvalue weighted by atomic mass is 9.82. The van der Waals surface area contributed by atoms with Crippen molar-refractivity contribution in [1.29, 1.82) is 0 Å². The van der Waals surface area contributed by atoms with E-state index in [2.05, 4.69) is 5.32 Å². The highest BCUT2D eigenvalue weighted by Gasteiger charge is 2.39. The smallest absolute Gasteiger partial charge is 0.338 e. The van der Waals surface area contributed by atoms with Crippen LogP contribution in [0.15, 0.2) is 83.2 Å². The zero-order valence-electron chi connectivity index (χ0n) is 24.4. The summed E-state index contributed by atoms with van der Waals surface area (Å²) in [6.45, 7) is 1.64. The van der Waals surface area contributed by atoms with Crippen LogP contribution in [0.2, 0.25) is 0 Å². The molecule has 1 aromatic heterocycles. The van der Waals surface area contributed by atoms with Gasteiger partial charge in [-0.3, -0.25) is 24.3 Å². The van der Waals surface area contributed by atoms with E-state index in [9.17, 15) is 24.5 Å². The van der Waals surface area contributed by atoms with Crippen LogP contribution in [0, 0.1) is 10.1 Å². The van der Waals surface area contributed by atoms with Gasteiger partial charge in [-0.15, -0.1) is 11.3 Å². The average Bonchev–Trinajstić information content (AvgIpc) is 3.36. The quantitative estimate of drug-likeness (QED) is 0.161. The highest BCUT2D eigenvalue weighted by atomic mass is 32.1. The third-order valence-corrected chi connectivity index (χ3v) is 8.17. The molecule has 0 spiro atoms. The van der Waals surface area contributed by atoms with Gasteiger partial charge >= 0.3 is 5.97 Å². The monoisotopic (exact) mass is 628 g/mol. The van der Waals surface area contributed by atoms with Crippen molar-refractivity contribution >= 4 is 52.1 Å². The highest BCUT2D eigenvalue weighted by Crippen LogP contribution is 2.38. The molecule has 4 aromatic rings. The number of hydrogen-bond donors (Lipinski definition) is 2. The summed E-state index contributed by atoms with van der Waals surface area (Å²) in [6.07, 6.45) is 1.65. The Morgan fingerprint density at radius 1 is 1.02 bits per heavy atom. The zero-order valence-corrected chi connectivity index (χ0v) is 25.3. The molecule has 0 saturated carbocycles. The molecule has 45 heavy (non-hydrogen) atoms. The maximum atomic E-state index is 14.2. The first kappa shape index (κ1) is 30.8. The molecule has 5 rings (SSSR count). The Hall–Kier alpha value is -5.69. The second-order valence-corrected chi connectivity index (χ2v) is 10.8. The lowest BCUT2D eigenvalue weighted by molar-refractivity contribution is -0.384. The number of carbonyl (C=O) groups is 2. The minimum atomic E-state index is -1.07. The molecule has 0 radical (unpaired) electrons. The van der Waals surface area contributed by atoms with E-state index >= 15 is 0 Å². The molecule has 3 N–H and O–H groups in total. The van der Waals surface area contributed by atoms with Gasteiger partial charge in [0.2, 0.25) is 0 Å². The van der Waals surface area contributed by atoms with Gasteiger partial charge in [-0.1, -0.05) is 30.3 Å². The number of benzene rings is 3. The van der Waals surface area contributed by atoms with Gasteiger partial charge in [0.05, 0.1) is 47.3 Å². The van der Waals surface area contributed by atoms with Gasteiger partial charge in [0.1, 0.15) is 22.0 Å². The number of methoxy groups -OCH3 is 2. The summed E-state index contributed by atoms with van der Waals surface area (Å²) in [5, 5.41) is 14.1. The van der Waals surface area contributed by atoms with Crippen LogP contribution in [0.1, 0.15) is 24.0 Å². The molecule has 0 saturated heterocycles. The van der Waals surface area contributed by atoms with E-state index in [-0.39, 0.29) is 44.1 Å². The number of anilines is 1. The third kappa shape index (κ3) is 6.06. The summed E-state index contributed by atoms with van der Waals surface area (Å²) in [5.41, 5.74) is 7.08. The molecule has 0 aliphatic carbocycles. The van der Waals surface area contributed by atoms with Crippen LogP contribution in [-0.4, -0.2) is 42.2 Å². The zero-order chi connectivity index (χ0) is 32.2. The number of fused-ring (bicyclic) bond motifs is 1. The molecular formula is C32H28N4O8S. The van der Waals surface area contributed by atoms with Crippen molar-refractivity contribution in [3.05, 3.63) is 119 Å². The van der Waals surface area contributed by atoms with E-state index in [0.29, 0.717) is 22.6 Å². The summed E-state index contributed by atoms with van der Waals surface area (Å²) < 4.78 is 17.4. The molecule has 1 aliphatic rings. The minimum Gasteiger partial charge on any atom is -0.497 e. The largest absolute Gasteiger partial charge is 0.497 e. The fraction of sp³-hybridized carbons (Fsp3) is 0.156. The van der Waals surface area contributed by atoms with Crippen LogP contribution in [0.3, 0.4) is 0 Å². The first-order valence-electron chi connectivity index (χ1n) is 13.7. The van der Waals surface area contributed by atoms with Crippen molar-refractivity contribution in [1.82, 2.24) is 4.57 Å². The van der Waals surface area contributed by atoms with Crippen LogP contribution in [0.25, 0.3) is 17.5 Å². The number of ether oxygens (including phenoxy) is 3. The SMILES string of the molecule is CCOC(=O)C1=C(N)n2c(s/c(=C\c3ccc(OC)cc3)c2=O)=C(C(=O)Nc2cccc([N+](=O)[O-])c2)C1c1ccc(OC)cc1. The fourth-order valence-corrected chi connectivity index (χ4v) is 6.13. The summed E-state index contributed by atoms with van der Waals surface area (Å²) >= 11 is 1.03. The Morgan fingerprint density at radius 3 is 2.27 bits per heavy atom. The Morgan fingerprint density at radius 2 is 1.67 bits per heavy atom. The van der Waals surface area contributed by atoms with E-state index in [1.165, 1.54) is 31.4 Å². The molecule has 12 nitrogen and oxygen atoms in total. The number of amides is 1. The number of nitrogens with two attached hydrogens (primary N) is 1. The van der Waals surface area contributed by atoms with Gasteiger partial charge in [0.15, 0.2) is 0 Å². The molecule has 3 aromatic carbocycles. The van der Waals surface area contributed by atoms with Crippen LogP contribution in [-0.2, 0) is 14.3 Å². The van der Waals surface area contributed by atoms with Gasteiger partial charge in [-0.05, 0) is 54.5 Å². The first-order chi connectivity index (χ1) is 21.7. The number of nitro benzene ring substituents is 1. The van der Waals surface area contributed by atoms with Crippen LogP contribution >= 0.6 is 11.3 Å².